The summed E-state index contributed by atoms with van der Waals surface area (Å²) in [6, 6.07) is 8.22. The van der Waals surface area contributed by atoms with Crippen molar-refractivity contribution < 1.29 is 14.3 Å². The van der Waals surface area contributed by atoms with Gasteiger partial charge in [-0.05, 0) is 38.1 Å². The van der Waals surface area contributed by atoms with E-state index in [-0.39, 0.29) is 12.4 Å². The van der Waals surface area contributed by atoms with Crippen molar-refractivity contribution in [2.24, 2.45) is 7.05 Å². The number of halogens is 1. The summed E-state index contributed by atoms with van der Waals surface area (Å²) < 4.78 is 6.97. The second kappa shape index (κ2) is 6.14. The molecule has 110 valence electrons. The molecule has 0 bridgehead atoms. The number of aryl methyl sites for hydroxylation is 1. The molecular formula is C16H16ClNO3. The van der Waals surface area contributed by atoms with E-state index in [9.17, 15) is 9.59 Å². The van der Waals surface area contributed by atoms with Crippen LogP contribution in [0.25, 0.3) is 0 Å². The number of aromatic nitrogens is 1. The Morgan fingerprint density at radius 2 is 1.95 bits per heavy atom. The van der Waals surface area contributed by atoms with Crippen LogP contribution in [0.5, 0.6) is 0 Å². The van der Waals surface area contributed by atoms with Gasteiger partial charge in [0, 0.05) is 29.0 Å². The molecule has 5 heteroatoms. The van der Waals surface area contributed by atoms with Gasteiger partial charge in [0.15, 0.2) is 6.61 Å². The summed E-state index contributed by atoms with van der Waals surface area (Å²) in [7, 11) is 1.89. The van der Waals surface area contributed by atoms with Crippen molar-refractivity contribution in [2.45, 2.75) is 13.8 Å². The summed E-state index contributed by atoms with van der Waals surface area (Å²) >= 11 is 5.81. The number of ketones is 1. The highest BCUT2D eigenvalue weighted by Gasteiger charge is 2.16. The molecule has 21 heavy (non-hydrogen) atoms. The van der Waals surface area contributed by atoms with Gasteiger partial charge in [0.2, 0.25) is 5.78 Å². The second-order valence-corrected chi connectivity index (χ2v) is 5.29. The minimum atomic E-state index is -0.559. The predicted molar refractivity (Wildman–Crippen MR) is 81.0 cm³/mol. The third kappa shape index (κ3) is 3.34. The van der Waals surface area contributed by atoms with E-state index in [2.05, 4.69) is 0 Å². The molecule has 0 saturated heterocycles. The fourth-order valence-electron chi connectivity index (χ4n) is 2.05. The number of benzene rings is 1. The molecule has 1 aromatic heterocycles. The Morgan fingerprint density at radius 3 is 2.52 bits per heavy atom. The van der Waals surface area contributed by atoms with E-state index >= 15 is 0 Å². The molecule has 0 amide bonds. The van der Waals surface area contributed by atoms with Crippen molar-refractivity contribution >= 4 is 23.4 Å². The average molecular weight is 306 g/mol. The topological polar surface area (TPSA) is 48.3 Å². The Kier molecular flexibility index (Phi) is 4.48. The van der Waals surface area contributed by atoms with E-state index in [1.807, 2.05) is 25.5 Å². The number of nitrogens with zero attached hydrogens (tertiary/aromatic N) is 1. The standard InChI is InChI=1S/C16H16ClNO3/c1-10-7-14(11(2)18(10)3)15(19)9-21-16(20)12-5-4-6-13(17)8-12/h4-8H,9H2,1-3H3. The lowest BCUT2D eigenvalue weighted by molar-refractivity contribution is 0.0474. The summed E-state index contributed by atoms with van der Waals surface area (Å²) in [5.41, 5.74) is 2.75. The van der Waals surface area contributed by atoms with Gasteiger partial charge in [0.05, 0.1) is 5.56 Å². The number of carbonyl (C=O) groups is 2. The first-order valence-corrected chi connectivity index (χ1v) is 6.86. The van der Waals surface area contributed by atoms with Crippen molar-refractivity contribution in [2.75, 3.05) is 6.61 Å². The van der Waals surface area contributed by atoms with E-state index in [1.165, 1.54) is 6.07 Å². The zero-order chi connectivity index (χ0) is 15.6. The number of hydrogen-bond acceptors (Lipinski definition) is 3. The molecule has 1 aromatic carbocycles. The van der Waals surface area contributed by atoms with Crippen molar-refractivity contribution in [1.29, 1.82) is 0 Å². The summed E-state index contributed by atoms with van der Waals surface area (Å²) in [5.74, 6) is -0.775. The fraction of sp³-hybridized carbons (Fsp3) is 0.250. The first kappa shape index (κ1) is 15.3. The van der Waals surface area contributed by atoms with Crippen LogP contribution in [0.15, 0.2) is 30.3 Å². The minimum Gasteiger partial charge on any atom is -0.454 e. The van der Waals surface area contributed by atoms with E-state index < -0.39 is 5.97 Å². The van der Waals surface area contributed by atoms with Crippen molar-refractivity contribution in [3.8, 4) is 0 Å². The highest BCUT2D eigenvalue weighted by molar-refractivity contribution is 6.30. The maximum Gasteiger partial charge on any atom is 0.338 e. The van der Waals surface area contributed by atoms with Gasteiger partial charge in [-0.3, -0.25) is 4.79 Å². The molecule has 0 aliphatic carbocycles. The highest BCUT2D eigenvalue weighted by Crippen LogP contribution is 2.15. The third-order valence-corrected chi connectivity index (χ3v) is 3.71. The van der Waals surface area contributed by atoms with Gasteiger partial charge < -0.3 is 9.30 Å². The minimum absolute atomic E-state index is 0.216. The number of carbonyl (C=O) groups excluding carboxylic acids is 2. The van der Waals surface area contributed by atoms with Gasteiger partial charge in [0.1, 0.15) is 0 Å². The van der Waals surface area contributed by atoms with Crippen LogP contribution in [0.3, 0.4) is 0 Å². The molecule has 4 nitrogen and oxygen atoms in total. The highest BCUT2D eigenvalue weighted by atomic mass is 35.5. The van der Waals surface area contributed by atoms with Crippen LogP contribution >= 0.6 is 11.6 Å². The van der Waals surface area contributed by atoms with Crippen LogP contribution in [-0.4, -0.2) is 22.9 Å². The van der Waals surface area contributed by atoms with Gasteiger partial charge >= 0.3 is 5.97 Å². The molecule has 0 saturated carbocycles. The molecule has 2 rings (SSSR count). The zero-order valence-electron chi connectivity index (χ0n) is 12.1. The van der Waals surface area contributed by atoms with Crippen LogP contribution < -0.4 is 0 Å². The number of hydrogen-bond donors (Lipinski definition) is 0. The normalized spacial score (nSPS) is 10.5. The van der Waals surface area contributed by atoms with Gasteiger partial charge in [0.25, 0.3) is 0 Å². The lowest BCUT2D eigenvalue weighted by Crippen LogP contribution is -2.15. The van der Waals surface area contributed by atoms with Gasteiger partial charge in [-0.1, -0.05) is 17.7 Å². The molecule has 0 radical (unpaired) electrons. The van der Waals surface area contributed by atoms with Gasteiger partial charge in [-0.2, -0.15) is 0 Å². The van der Waals surface area contributed by atoms with Crippen LogP contribution in [0, 0.1) is 13.8 Å². The van der Waals surface area contributed by atoms with E-state index in [0.717, 1.165) is 11.4 Å². The molecule has 1 heterocycles. The maximum atomic E-state index is 12.1. The van der Waals surface area contributed by atoms with E-state index in [1.54, 1.807) is 24.3 Å². The average Bonchev–Trinajstić information content (AvgIpc) is 2.72. The Hall–Kier alpha value is -2.07. The maximum absolute atomic E-state index is 12.1. The molecule has 0 atom stereocenters. The quantitative estimate of drug-likeness (QED) is 0.643. The van der Waals surface area contributed by atoms with Crippen molar-refractivity contribution in [3.05, 3.63) is 57.9 Å². The molecule has 0 N–H and O–H groups in total. The number of ether oxygens (including phenoxy) is 1. The molecule has 2 aromatic rings. The van der Waals surface area contributed by atoms with Crippen molar-refractivity contribution in [1.82, 2.24) is 4.57 Å². The number of esters is 1. The summed E-state index contributed by atoms with van der Waals surface area (Å²) in [6.45, 7) is 3.50. The number of Topliss-reactive ketones (excluding diaryl/α,β-unsaturated/α-hetero) is 1. The third-order valence-electron chi connectivity index (χ3n) is 3.47. The lowest BCUT2D eigenvalue weighted by atomic mass is 10.1. The molecule has 0 fully saturated rings. The Balaban J connectivity index is 2.04. The molecule has 0 aliphatic rings. The monoisotopic (exact) mass is 305 g/mol. The molecule has 0 spiro atoms. The van der Waals surface area contributed by atoms with Crippen LogP contribution in [0.1, 0.15) is 32.1 Å². The zero-order valence-corrected chi connectivity index (χ0v) is 12.9. The largest absolute Gasteiger partial charge is 0.454 e. The predicted octanol–water partition coefficient (Wildman–Crippen LogP) is 3.34. The summed E-state index contributed by atoms with van der Waals surface area (Å²) in [5, 5.41) is 0.449. The van der Waals surface area contributed by atoms with Crippen LogP contribution in [0.2, 0.25) is 5.02 Å². The molecule has 0 aliphatic heterocycles. The van der Waals surface area contributed by atoms with Gasteiger partial charge in [-0.15, -0.1) is 0 Å². The van der Waals surface area contributed by atoms with E-state index in [4.69, 9.17) is 16.3 Å². The molecule has 0 unspecified atom stereocenters. The van der Waals surface area contributed by atoms with E-state index in [0.29, 0.717) is 16.1 Å². The second-order valence-electron chi connectivity index (χ2n) is 4.85. The Morgan fingerprint density at radius 1 is 1.24 bits per heavy atom. The smallest absolute Gasteiger partial charge is 0.338 e. The Labute approximate surface area is 128 Å². The first-order valence-electron chi connectivity index (χ1n) is 6.49. The summed E-state index contributed by atoms with van der Waals surface area (Å²) in [6.07, 6.45) is 0. The summed E-state index contributed by atoms with van der Waals surface area (Å²) in [4.78, 5) is 24.0. The van der Waals surface area contributed by atoms with Crippen molar-refractivity contribution in [3.63, 3.8) is 0 Å². The fourth-order valence-corrected chi connectivity index (χ4v) is 2.24. The molecular weight excluding hydrogens is 290 g/mol. The first-order chi connectivity index (χ1) is 9.90. The Bertz CT molecular complexity index is 704. The SMILES string of the molecule is Cc1cc(C(=O)COC(=O)c2cccc(Cl)c2)c(C)n1C. The number of rotatable bonds is 4. The van der Waals surface area contributed by atoms with Crippen LogP contribution in [0.4, 0.5) is 0 Å². The lowest BCUT2D eigenvalue weighted by Gasteiger charge is -2.05. The van der Waals surface area contributed by atoms with Gasteiger partial charge in [-0.25, -0.2) is 4.79 Å². The van der Waals surface area contributed by atoms with Crippen LogP contribution in [-0.2, 0) is 11.8 Å².